The van der Waals surface area contributed by atoms with Crippen LogP contribution >= 0.6 is 15.9 Å². The number of phenolic OH excluding ortho intramolecular Hbond substituents is 1. The molecule has 0 spiro atoms. The third-order valence-corrected chi connectivity index (χ3v) is 3.83. The number of aromatic hydroxyl groups is 1. The van der Waals surface area contributed by atoms with Crippen LogP contribution in [0.2, 0.25) is 0 Å². The Morgan fingerprint density at radius 1 is 1.00 bits per heavy atom. The van der Waals surface area contributed by atoms with E-state index in [9.17, 15) is 5.11 Å². The lowest BCUT2D eigenvalue weighted by Crippen LogP contribution is -1.85. The van der Waals surface area contributed by atoms with Gasteiger partial charge in [-0.25, -0.2) is 0 Å². The zero-order valence-electron chi connectivity index (χ0n) is 11.6. The minimum Gasteiger partial charge on any atom is -0.507 e. The summed E-state index contributed by atoms with van der Waals surface area (Å²) in [4.78, 5) is 4.38. The van der Waals surface area contributed by atoms with Gasteiger partial charge in [-0.1, -0.05) is 38.8 Å². The Bertz CT molecular complexity index is 812. The molecule has 0 atom stereocenters. The van der Waals surface area contributed by atoms with Gasteiger partial charge in [0.25, 0.3) is 5.89 Å². The smallest absolute Gasteiger partial charge is 0.262 e. The average Bonchev–Trinajstić information content (AvgIpc) is 2.91. The van der Waals surface area contributed by atoms with Crippen LogP contribution in [0.25, 0.3) is 22.8 Å². The van der Waals surface area contributed by atoms with Gasteiger partial charge in [-0.05, 0) is 43.7 Å². The second-order valence-corrected chi connectivity index (χ2v) is 5.78. The molecule has 0 bridgehead atoms. The maximum absolute atomic E-state index is 9.92. The minimum atomic E-state index is 0.124. The molecule has 0 aliphatic rings. The van der Waals surface area contributed by atoms with Gasteiger partial charge in [0.15, 0.2) is 0 Å². The van der Waals surface area contributed by atoms with Crippen molar-refractivity contribution < 1.29 is 9.63 Å². The number of aryl methyl sites for hydroxylation is 2. The summed E-state index contributed by atoms with van der Waals surface area (Å²) in [7, 11) is 0. The summed E-state index contributed by atoms with van der Waals surface area (Å²) in [6, 6.07) is 11.2. The molecule has 106 valence electrons. The minimum absolute atomic E-state index is 0.124. The summed E-state index contributed by atoms with van der Waals surface area (Å²) in [6.45, 7) is 3.96. The van der Waals surface area contributed by atoms with E-state index in [1.807, 2.05) is 44.2 Å². The number of phenols is 1. The van der Waals surface area contributed by atoms with E-state index in [2.05, 4.69) is 26.1 Å². The lowest BCUT2D eigenvalue weighted by Gasteiger charge is -2.01. The lowest BCUT2D eigenvalue weighted by atomic mass is 10.1. The van der Waals surface area contributed by atoms with E-state index in [1.165, 1.54) is 0 Å². The Balaban J connectivity index is 2.06. The third-order valence-electron chi connectivity index (χ3n) is 3.17. The van der Waals surface area contributed by atoms with Gasteiger partial charge in [-0.2, -0.15) is 4.98 Å². The first kappa shape index (κ1) is 13.8. The zero-order valence-corrected chi connectivity index (χ0v) is 13.2. The van der Waals surface area contributed by atoms with E-state index in [1.54, 1.807) is 6.07 Å². The maximum atomic E-state index is 9.92. The molecule has 3 aromatic rings. The molecule has 0 radical (unpaired) electrons. The first-order chi connectivity index (χ1) is 10.0. The molecular weight excluding hydrogens is 332 g/mol. The van der Waals surface area contributed by atoms with Crippen molar-refractivity contribution in [1.82, 2.24) is 10.1 Å². The number of halogens is 1. The number of nitrogens with zero attached hydrogens (tertiary/aromatic N) is 2. The van der Waals surface area contributed by atoms with E-state index in [4.69, 9.17) is 4.52 Å². The predicted octanol–water partition coefficient (Wildman–Crippen LogP) is 4.49. The van der Waals surface area contributed by atoms with Crippen LogP contribution < -0.4 is 0 Å². The van der Waals surface area contributed by atoms with Crippen molar-refractivity contribution in [2.45, 2.75) is 13.8 Å². The molecule has 0 saturated carbocycles. The largest absolute Gasteiger partial charge is 0.507 e. The van der Waals surface area contributed by atoms with Crippen LogP contribution in [0, 0.1) is 13.8 Å². The van der Waals surface area contributed by atoms with Gasteiger partial charge in [0.05, 0.1) is 5.56 Å². The van der Waals surface area contributed by atoms with Crippen molar-refractivity contribution in [2.24, 2.45) is 0 Å². The molecule has 0 amide bonds. The number of rotatable bonds is 2. The number of hydrogen-bond acceptors (Lipinski definition) is 4. The molecule has 4 nitrogen and oxygen atoms in total. The molecule has 1 N–H and O–H groups in total. The number of benzene rings is 2. The topological polar surface area (TPSA) is 59.2 Å². The van der Waals surface area contributed by atoms with E-state index in [0.717, 1.165) is 21.2 Å². The van der Waals surface area contributed by atoms with Crippen molar-refractivity contribution in [1.29, 1.82) is 0 Å². The van der Waals surface area contributed by atoms with Crippen LogP contribution in [0.4, 0.5) is 0 Å². The molecule has 0 aliphatic carbocycles. The van der Waals surface area contributed by atoms with Crippen LogP contribution in [-0.4, -0.2) is 15.2 Å². The summed E-state index contributed by atoms with van der Waals surface area (Å²) >= 11 is 3.50. The second kappa shape index (κ2) is 5.33. The van der Waals surface area contributed by atoms with Crippen molar-refractivity contribution in [3.63, 3.8) is 0 Å². The van der Waals surface area contributed by atoms with E-state index in [-0.39, 0.29) is 5.75 Å². The molecule has 0 saturated heterocycles. The number of hydrogen-bond donors (Lipinski definition) is 1. The Morgan fingerprint density at radius 2 is 1.71 bits per heavy atom. The fourth-order valence-corrected chi connectivity index (χ4v) is 2.74. The van der Waals surface area contributed by atoms with Gasteiger partial charge in [0.1, 0.15) is 5.75 Å². The third kappa shape index (κ3) is 2.69. The molecule has 3 rings (SSSR count). The van der Waals surface area contributed by atoms with E-state index in [0.29, 0.717) is 17.3 Å². The monoisotopic (exact) mass is 344 g/mol. The highest BCUT2D eigenvalue weighted by atomic mass is 79.9. The highest BCUT2D eigenvalue weighted by Crippen LogP contribution is 2.32. The fourth-order valence-electron chi connectivity index (χ4n) is 2.06. The molecule has 5 heteroatoms. The van der Waals surface area contributed by atoms with Crippen LogP contribution in [0.3, 0.4) is 0 Å². The highest BCUT2D eigenvalue weighted by molar-refractivity contribution is 9.10. The number of aromatic nitrogens is 2. The highest BCUT2D eigenvalue weighted by Gasteiger charge is 2.15. The Hall–Kier alpha value is -2.14. The Kier molecular flexibility index (Phi) is 3.51. The first-order valence-electron chi connectivity index (χ1n) is 6.45. The molecule has 2 aromatic carbocycles. The molecular formula is C16H13BrN2O2. The molecule has 21 heavy (non-hydrogen) atoms. The van der Waals surface area contributed by atoms with Crippen molar-refractivity contribution in [3.05, 3.63) is 52.0 Å². The maximum Gasteiger partial charge on any atom is 0.262 e. The van der Waals surface area contributed by atoms with Gasteiger partial charge in [-0.3, -0.25) is 0 Å². The van der Waals surface area contributed by atoms with Crippen LogP contribution in [0.5, 0.6) is 5.75 Å². The summed E-state index contributed by atoms with van der Waals surface area (Å²) < 4.78 is 6.19. The van der Waals surface area contributed by atoms with Gasteiger partial charge in [-0.15, -0.1) is 0 Å². The van der Waals surface area contributed by atoms with Crippen LogP contribution in [-0.2, 0) is 0 Å². The second-order valence-electron chi connectivity index (χ2n) is 4.93. The van der Waals surface area contributed by atoms with Crippen molar-refractivity contribution in [2.75, 3.05) is 0 Å². The molecule has 0 unspecified atom stereocenters. The summed E-state index contributed by atoms with van der Waals surface area (Å²) in [5.41, 5.74) is 3.55. The van der Waals surface area contributed by atoms with Crippen LogP contribution in [0.1, 0.15) is 11.1 Å². The van der Waals surface area contributed by atoms with Crippen LogP contribution in [0.15, 0.2) is 45.4 Å². The summed E-state index contributed by atoms with van der Waals surface area (Å²) in [6.07, 6.45) is 0. The SMILES string of the molecule is Cc1ccc(-c2noc(-c3cc(C)ccc3O)n2)c(Br)c1. The fraction of sp³-hybridized carbons (Fsp3) is 0.125. The molecule has 1 aromatic heterocycles. The Morgan fingerprint density at radius 3 is 2.48 bits per heavy atom. The summed E-state index contributed by atoms with van der Waals surface area (Å²) in [5.74, 6) is 0.912. The molecule has 0 aliphatic heterocycles. The van der Waals surface area contributed by atoms with Gasteiger partial charge in [0.2, 0.25) is 5.82 Å². The van der Waals surface area contributed by atoms with E-state index >= 15 is 0 Å². The average molecular weight is 345 g/mol. The quantitative estimate of drug-likeness (QED) is 0.744. The standard InChI is InChI=1S/C16H13BrN2O2/c1-9-4-6-14(20)12(7-9)16-18-15(19-21-16)11-5-3-10(2)8-13(11)17/h3-8,20H,1-2H3. The summed E-state index contributed by atoms with van der Waals surface area (Å²) in [5, 5.41) is 13.9. The van der Waals surface area contributed by atoms with Crippen molar-refractivity contribution in [3.8, 4) is 28.6 Å². The zero-order chi connectivity index (χ0) is 15.0. The van der Waals surface area contributed by atoms with Gasteiger partial charge < -0.3 is 9.63 Å². The molecule has 0 fully saturated rings. The molecule has 1 heterocycles. The predicted molar refractivity (Wildman–Crippen MR) is 84.0 cm³/mol. The van der Waals surface area contributed by atoms with Gasteiger partial charge >= 0.3 is 0 Å². The van der Waals surface area contributed by atoms with Crippen molar-refractivity contribution >= 4 is 15.9 Å². The normalized spacial score (nSPS) is 10.8. The first-order valence-corrected chi connectivity index (χ1v) is 7.24. The lowest BCUT2D eigenvalue weighted by molar-refractivity contribution is 0.425. The van der Waals surface area contributed by atoms with E-state index < -0.39 is 0 Å². The van der Waals surface area contributed by atoms with Gasteiger partial charge in [0, 0.05) is 10.0 Å². The Labute approximate surface area is 130 Å².